The first-order valence-electron chi connectivity index (χ1n) is 5.21. The Kier molecular flexibility index (Phi) is 3.36. The predicted octanol–water partition coefficient (Wildman–Crippen LogP) is -0.767. The van der Waals surface area contributed by atoms with Crippen molar-refractivity contribution in [1.82, 2.24) is 10.8 Å². The van der Waals surface area contributed by atoms with Crippen LogP contribution in [-0.2, 0) is 14.4 Å². The molecule has 6 heteroatoms. The molecule has 1 aromatic carbocycles. The molecule has 0 aliphatic carbocycles. The highest BCUT2D eigenvalue weighted by atomic mass is 16.7. The van der Waals surface area contributed by atoms with E-state index in [0.29, 0.717) is 5.56 Å². The van der Waals surface area contributed by atoms with E-state index in [2.05, 4.69) is 10.8 Å². The largest absolute Gasteiger partial charge is 0.340 e. The molecular formula is C11H13N3O3. The van der Waals surface area contributed by atoms with Crippen LogP contribution in [0.4, 0.5) is 0 Å². The number of amides is 2. The topological polar surface area (TPSA) is 93.5 Å². The van der Waals surface area contributed by atoms with Gasteiger partial charge in [-0.15, -0.1) is 0 Å². The zero-order chi connectivity index (χ0) is 12.3. The van der Waals surface area contributed by atoms with Crippen LogP contribution in [0.1, 0.15) is 11.6 Å². The average molecular weight is 235 g/mol. The summed E-state index contributed by atoms with van der Waals surface area (Å²) in [6, 6.07) is 7.50. The first-order valence-corrected chi connectivity index (χ1v) is 5.21. The van der Waals surface area contributed by atoms with Gasteiger partial charge in [-0.3, -0.25) is 14.4 Å². The Morgan fingerprint density at radius 2 is 2.18 bits per heavy atom. The second kappa shape index (κ2) is 4.94. The van der Waals surface area contributed by atoms with Gasteiger partial charge in [-0.2, -0.15) is 0 Å². The maximum Gasteiger partial charge on any atom is 0.268 e. The van der Waals surface area contributed by atoms with Gasteiger partial charge in [-0.05, 0) is 5.56 Å². The van der Waals surface area contributed by atoms with E-state index < -0.39 is 18.0 Å². The Labute approximate surface area is 98.1 Å². The molecule has 2 atom stereocenters. The van der Waals surface area contributed by atoms with E-state index in [9.17, 15) is 9.59 Å². The number of hydrogen-bond donors (Lipinski definition) is 3. The SMILES string of the molecule is NC(C(=O)N[C@@H]1CONC1=O)c1ccccc1. The van der Waals surface area contributed by atoms with E-state index in [4.69, 9.17) is 10.6 Å². The minimum Gasteiger partial charge on any atom is -0.340 e. The van der Waals surface area contributed by atoms with Crippen LogP contribution in [0.15, 0.2) is 30.3 Å². The predicted molar refractivity (Wildman–Crippen MR) is 59.4 cm³/mol. The van der Waals surface area contributed by atoms with Gasteiger partial charge in [0.05, 0.1) is 0 Å². The molecule has 0 bridgehead atoms. The van der Waals surface area contributed by atoms with Crippen molar-refractivity contribution in [2.24, 2.45) is 5.73 Å². The standard InChI is InChI=1S/C11H13N3O3/c12-9(7-4-2-1-3-5-7)11(16)13-8-6-17-14-10(8)15/h1-5,8-9H,6,12H2,(H,13,16)(H,14,15)/t8-,9?/m1/s1. The van der Waals surface area contributed by atoms with Crippen molar-refractivity contribution in [2.75, 3.05) is 6.61 Å². The quantitative estimate of drug-likeness (QED) is 0.641. The molecule has 1 aromatic rings. The van der Waals surface area contributed by atoms with Crippen molar-refractivity contribution in [3.8, 4) is 0 Å². The molecule has 1 unspecified atom stereocenters. The summed E-state index contributed by atoms with van der Waals surface area (Å²) in [4.78, 5) is 27.7. The maximum absolute atomic E-state index is 11.8. The molecule has 2 amide bonds. The first kappa shape index (κ1) is 11.6. The molecule has 17 heavy (non-hydrogen) atoms. The monoisotopic (exact) mass is 235 g/mol. The van der Waals surface area contributed by atoms with Gasteiger partial charge >= 0.3 is 0 Å². The molecule has 0 spiro atoms. The van der Waals surface area contributed by atoms with Gasteiger partial charge in [-0.25, -0.2) is 5.48 Å². The van der Waals surface area contributed by atoms with Crippen LogP contribution >= 0.6 is 0 Å². The third kappa shape index (κ3) is 2.61. The van der Waals surface area contributed by atoms with Gasteiger partial charge in [0.1, 0.15) is 18.7 Å². The summed E-state index contributed by atoms with van der Waals surface area (Å²) in [5, 5.41) is 2.53. The van der Waals surface area contributed by atoms with Crippen molar-refractivity contribution in [2.45, 2.75) is 12.1 Å². The van der Waals surface area contributed by atoms with Crippen molar-refractivity contribution in [3.63, 3.8) is 0 Å². The summed E-state index contributed by atoms with van der Waals surface area (Å²) >= 11 is 0. The van der Waals surface area contributed by atoms with Crippen molar-refractivity contribution in [3.05, 3.63) is 35.9 Å². The number of hydrogen-bond acceptors (Lipinski definition) is 4. The van der Waals surface area contributed by atoms with E-state index in [0.717, 1.165) is 0 Å². The molecule has 2 rings (SSSR count). The maximum atomic E-state index is 11.8. The van der Waals surface area contributed by atoms with Crippen LogP contribution in [0.25, 0.3) is 0 Å². The lowest BCUT2D eigenvalue weighted by molar-refractivity contribution is -0.129. The Hall–Kier alpha value is -1.92. The molecule has 90 valence electrons. The normalized spacial score (nSPS) is 20.8. The fraction of sp³-hybridized carbons (Fsp3) is 0.273. The number of rotatable bonds is 3. The molecule has 1 heterocycles. The van der Waals surface area contributed by atoms with Gasteiger partial charge in [-0.1, -0.05) is 30.3 Å². The number of carbonyl (C=O) groups is 2. The second-order valence-electron chi connectivity index (χ2n) is 3.73. The first-order chi connectivity index (χ1) is 8.18. The third-order valence-corrected chi connectivity index (χ3v) is 2.50. The van der Waals surface area contributed by atoms with Crippen LogP contribution in [0, 0.1) is 0 Å². The molecule has 0 aromatic heterocycles. The minimum absolute atomic E-state index is 0.117. The summed E-state index contributed by atoms with van der Waals surface area (Å²) in [6.07, 6.45) is 0. The zero-order valence-electron chi connectivity index (χ0n) is 9.05. The molecule has 1 aliphatic heterocycles. The lowest BCUT2D eigenvalue weighted by Gasteiger charge is -2.14. The Bertz CT molecular complexity index is 421. The summed E-state index contributed by atoms with van der Waals surface area (Å²) in [5.74, 6) is -0.763. The summed E-state index contributed by atoms with van der Waals surface area (Å²) in [5.41, 5.74) is 8.64. The summed E-state index contributed by atoms with van der Waals surface area (Å²) in [6.45, 7) is 0.117. The number of hydroxylamine groups is 1. The lowest BCUT2D eigenvalue weighted by atomic mass is 10.1. The Morgan fingerprint density at radius 3 is 2.76 bits per heavy atom. The van der Waals surface area contributed by atoms with E-state index in [1.807, 2.05) is 6.07 Å². The van der Waals surface area contributed by atoms with Gasteiger partial charge in [0, 0.05) is 0 Å². The highest BCUT2D eigenvalue weighted by Gasteiger charge is 2.29. The highest BCUT2D eigenvalue weighted by molar-refractivity contribution is 5.90. The van der Waals surface area contributed by atoms with E-state index >= 15 is 0 Å². The van der Waals surface area contributed by atoms with Crippen LogP contribution < -0.4 is 16.5 Å². The molecule has 1 fully saturated rings. The zero-order valence-corrected chi connectivity index (χ0v) is 9.05. The second-order valence-corrected chi connectivity index (χ2v) is 3.73. The molecule has 0 saturated carbocycles. The molecule has 6 nitrogen and oxygen atoms in total. The van der Waals surface area contributed by atoms with E-state index in [-0.39, 0.29) is 12.5 Å². The van der Waals surface area contributed by atoms with Gasteiger partial charge in [0.25, 0.3) is 5.91 Å². The minimum atomic E-state index is -0.787. The average Bonchev–Trinajstić information content (AvgIpc) is 2.75. The fourth-order valence-corrected chi connectivity index (χ4v) is 1.52. The van der Waals surface area contributed by atoms with Crippen LogP contribution in [0.5, 0.6) is 0 Å². The Morgan fingerprint density at radius 1 is 1.47 bits per heavy atom. The molecule has 1 saturated heterocycles. The van der Waals surface area contributed by atoms with Gasteiger partial charge in [0.2, 0.25) is 5.91 Å². The smallest absolute Gasteiger partial charge is 0.268 e. The third-order valence-electron chi connectivity index (χ3n) is 2.50. The van der Waals surface area contributed by atoms with Crippen LogP contribution in [-0.4, -0.2) is 24.5 Å². The van der Waals surface area contributed by atoms with Gasteiger partial charge < -0.3 is 11.1 Å². The van der Waals surface area contributed by atoms with Gasteiger partial charge in [0.15, 0.2) is 0 Å². The number of nitrogens with two attached hydrogens (primary N) is 1. The lowest BCUT2D eigenvalue weighted by Crippen LogP contribution is -2.45. The van der Waals surface area contributed by atoms with E-state index in [1.54, 1.807) is 24.3 Å². The van der Waals surface area contributed by atoms with E-state index in [1.165, 1.54) is 0 Å². The fourth-order valence-electron chi connectivity index (χ4n) is 1.52. The highest BCUT2D eigenvalue weighted by Crippen LogP contribution is 2.09. The van der Waals surface area contributed by atoms with Crippen LogP contribution in [0.3, 0.4) is 0 Å². The summed E-state index contributed by atoms with van der Waals surface area (Å²) in [7, 11) is 0. The molecule has 0 radical (unpaired) electrons. The number of nitrogens with one attached hydrogen (secondary N) is 2. The van der Waals surface area contributed by atoms with Crippen molar-refractivity contribution >= 4 is 11.8 Å². The van der Waals surface area contributed by atoms with Crippen molar-refractivity contribution < 1.29 is 14.4 Å². The Balaban J connectivity index is 1.98. The molecule has 4 N–H and O–H groups in total. The van der Waals surface area contributed by atoms with Crippen LogP contribution in [0.2, 0.25) is 0 Å². The molecule has 1 aliphatic rings. The molecular weight excluding hydrogens is 222 g/mol. The summed E-state index contributed by atoms with van der Waals surface area (Å²) < 4.78 is 0. The van der Waals surface area contributed by atoms with Crippen molar-refractivity contribution in [1.29, 1.82) is 0 Å². The number of benzene rings is 1. The number of carbonyl (C=O) groups excluding carboxylic acids is 2.